The number of halogens is 1. The van der Waals surface area contributed by atoms with Gasteiger partial charge in [0.25, 0.3) is 0 Å². The molecular weight excluding hydrogens is 218 g/mol. The van der Waals surface area contributed by atoms with Crippen LogP contribution in [0.5, 0.6) is 5.75 Å². The number of hydrogen-bond acceptors (Lipinski definition) is 2. The Balaban J connectivity index is 3.09. The molecule has 1 rings (SSSR count). The zero-order valence-electron chi connectivity index (χ0n) is 7.23. The molecule has 0 saturated carbocycles. The molecule has 66 valence electrons. The quantitative estimate of drug-likeness (QED) is 0.793. The van der Waals surface area contributed by atoms with Crippen molar-refractivity contribution in [2.24, 2.45) is 0 Å². The van der Waals surface area contributed by atoms with Gasteiger partial charge in [0.15, 0.2) is 0 Å². The number of aryl methyl sites for hydroxylation is 1. The molecule has 1 aromatic rings. The van der Waals surface area contributed by atoms with Gasteiger partial charge in [-0.05, 0) is 31.5 Å². The van der Waals surface area contributed by atoms with Crippen LogP contribution >= 0.6 is 15.9 Å². The number of rotatable bonds is 2. The normalized spacial score (nSPS) is 9.92. The van der Waals surface area contributed by atoms with Crippen LogP contribution in [0.25, 0.3) is 0 Å². The summed E-state index contributed by atoms with van der Waals surface area (Å²) in [4.78, 5) is 0. The molecule has 0 aliphatic heterocycles. The van der Waals surface area contributed by atoms with Crippen LogP contribution in [0.15, 0.2) is 16.6 Å². The first kappa shape index (κ1) is 9.39. The van der Waals surface area contributed by atoms with Crippen molar-refractivity contribution in [2.75, 3.05) is 12.3 Å². The number of nitrogen functional groups attached to an aromatic ring is 1. The minimum absolute atomic E-state index is 0.639. The molecule has 0 aliphatic rings. The van der Waals surface area contributed by atoms with Crippen molar-refractivity contribution in [3.05, 3.63) is 22.2 Å². The van der Waals surface area contributed by atoms with Crippen molar-refractivity contribution in [3.8, 4) is 5.75 Å². The molecule has 3 heteroatoms. The lowest BCUT2D eigenvalue weighted by Crippen LogP contribution is -1.98. The van der Waals surface area contributed by atoms with Gasteiger partial charge in [-0.3, -0.25) is 0 Å². The minimum atomic E-state index is 0.639. The van der Waals surface area contributed by atoms with E-state index < -0.39 is 0 Å². The number of hydrogen-bond donors (Lipinski definition) is 1. The summed E-state index contributed by atoms with van der Waals surface area (Å²) in [5.41, 5.74) is 7.55. The van der Waals surface area contributed by atoms with Crippen LogP contribution in [0.3, 0.4) is 0 Å². The van der Waals surface area contributed by atoms with Crippen LogP contribution in [0.1, 0.15) is 12.5 Å². The van der Waals surface area contributed by atoms with Crippen LogP contribution in [0.4, 0.5) is 5.69 Å². The molecule has 0 saturated heterocycles. The van der Waals surface area contributed by atoms with Gasteiger partial charge in [0.1, 0.15) is 5.75 Å². The summed E-state index contributed by atoms with van der Waals surface area (Å²) in [6.07, 6.45) is 0. The van der Waals surface area contributed by atoms with E-state index in [4.69, 9.17) is 10.5 Å². The maximum atomic E-state index is 5.79. The summed E-state index contributed by atoms with van der Waals surface area (Å²) in [6.45, 7) is 4.54. The van der Waals surface area contributed by atoms with Crippen molar-refractivity contribution < 1.29 is 4.74 Å². The zero-order valence-corrected chi connectivity index (χ0v) is 8.81. The van der Waals surface area contributed by atoms with E-state index in [2.05, 4.69) is 15.9 Å². The fourth-order valence-corrected chi connectivity index (χ4v) is 1.55. The highest BCUT2D eigenvalue weighted by molar-refractivity contribution is 9.10. The molecule has 0 atom stereocenters. The highest BCUT2D eigenvalue weighted by Gasteiger charge is 2.03. The molecule has 0 amide bonds. The van der Waals surface area contributed by atoms with Gasteiger partial charge < -0.3 is 10.5 Å². The molecule has 0 aliphatic carbocycles. The second-order valence-electron chi connectivity index (χ2n) is 2.57. The van der Waals surface area contributed by atoms with Crippen molar-refractivity contribution in [1.82, 2.24) is 0 Å². The van der Waals surface area contributed by atoms with Gasteiger partial charge in [-0.25, -0.2) is 0 Å². The lowest BCUT2D eigenvalue weighted by molar-refractivity contribution is 0.341. The van der Waals surface area contributed by atoms with Gasteiger partial charge in [-0.1, -0.05) is 15.9 Å². The van der Waals surface area contributed by atoms with Gasteiger partial charge in [-0.15, -0.1) is 0 Å². The van der Waals surface area contributed by atoms with E-state index in [1.54, 1.807) is 0 Å². The van der Waals surface area contributed by atoms with Crippen LogP contribution in [-0.4, -0.2) is 6.61 Å². The molecule has 0 unspecified atom stereocenters. The van der Waals surface area contributed by atoms with E-state index in [-0.39, 0.29) is 0 Å². The van der Waals surface area contributed by atoms with Gasteiger partial charge in [0.2, 0.25) is 0 Å². The first-order valence-electron chi connectivity index (χ1n) is 3.83. The van der Waals surface area contributed by atoms with E-state index in [1.807, 2.05) is 26.0 Å². The first-order chi connectivity index (χ1) is 5.65. The fraction of sp³-hybridized carbons (Fsp3) is 0.333. The molecule has 0 heterocycles. The molecule has 1 aromatic carbocycles. The maximum absolute atomic E-state index is 5.79. The molecular formula is C9H12BrNO. The third-order valence-corrected chi connectivity index (χ3v) is 2.07. The number of anilines is 1. The topological polar surface area (TPSA) is 35.2 Å². The summed E-state index contributed by atoms with van der Waals surface area (Å²) in [5, 5.41) is 0. The SMILES string of the molecule is CCOc1cc(Br)cc(C)c1N. The first-order valence-corrected chi connectivity index (χ1v) is 4.63. The van der Waals surface area contributed by atoms with Crippen molar-refractivity contribution in [1.29, 1.82) is 0 Å². The number of ether oxygens (including phenoxy) is 1. The van der Waals surface area contributed by atoms with E-state index in [0.29, 0.717) is 6.61 Å². The average molecular weight is 230 g/mol. The van der Waals surface area contributed by atoms with E-state index >= 15 is 0 Å². The summed E-state index contributed by atoms with van der Waals surface area (Å²) in [7, 11) is 0. The molecule has 12 heavy (non-hydrogen) atoms. The summed E-state index contributed by atoms with van der Waals surface area (Å²) >= 11 is 3.38. The molecule has 0 aromatic heterocycles. The number of benzene rings is 1. The maximum Gasteiger partial charge on any atom is 0.143 e. The monoisotopic (exact) mass is 229 g/mol. The highest BCUT2D eigenvalue weighted by Crippen LogP contribution is 2.29. The third kappa shape index (κ3) is 1.91. The van der Waals surface area contributed by atoms with Gasteiger partial charge in [-0.2, -0.15) is 0 Å². The second-order valence-corrected chi connectivity index (χ2v) is 3.48. The van der Waals surface area contributed by atoms with Crippen LogP contribution < -0.4 is 10.5 Å². The van der Waals surface area contributed by atoms with Crippen LogP contribution in [-0.2, 0) is 0 Å². The van der Waals surface area contributed by atoms with E-state index in [9.17, 15) is 0 Å². The Morgan fingerprint density at radius 2 is 2.17 bits per heavy atom. The third-order valence-electron chi connectivity index (χ3n) is 1.61. The highest BCUT2D eigenvalue weighted by atomic mass is 79.9. The van der Waals surface area contributed by atoms with Crippen molar-refractivity contribution in [2.45, 2.75) is 13.8 Å². The predicted molar refractivity (Wildman–Crippen MR) is 54.5 cm³/mol. The number of nitrogens with two attached hydrogens (primary N) is 1. The molecule has 2 N–H and O–H groups in total. The summed E-state index contributed by atoms with van der Waals surface area (Å²) in [5.74, 6) is 0.754. The molecule has 0 bridgehead atoms. The Morgan fingerprint density at radius 1 is 1.50 bits per heavy atom. The Labute approximate surface area is 80.8 Å². The van der Waals surface area contributed by atoms with Gasteiger partial charge >= 0.3 is 0 Å². The van der Waals surface area contributed by atoms with Crippen molar-refractivity contribution in [3.63, 3.8) is 0 Å². The van der Waals surface area contributed by atoms with E-state index in [1.165, 1.54) is 0 Å². The predicted octanol–water partition coefficient (Wildman–Crippen LogP) is 2.74. The van der Waals surface area contributed by atoms with Gasteiger partial charge in [0.05, 0.1) is 12.3 Å². The Hall–Kier alpha value is -0.700. The molecule has 0 spiro atoms. The molecule has 2 nitrogen and oxygen atoms in total. The Bertz CT molecular complexity index is 286. The lowest BCUT2D eigenvalue weighted by atomic mass is 10.2. The van der Waals surface area contributed by atoms with Crippen LogP contribution in [0.2, 0.25) is 0 Å². The van der Waals surface area contributed by atoms with Crippen LogP contribution in [0, 0.1) is 6.92 Å². The fourth-order valence-electron chi connectivity index (χ4n) is 0.998. The average Bonchev–Trinajstić information content (AvgIpc) is 2.00. The molecule has 0 radical (unpaired) electrons. The second kappa shape index (κ2) is 3.81. The zero-order chi connectivity index (χ0) is 9.14. The smallest absolute Gasteiger partial charge is 0.143 e. The summed E-state index contributed by atoms with van der Waals surface area (Å²) < 4.78 is 6.34. The molecule has 0 fully saturated rings. The Morgan fingerprint density at radius 3 is 2.75 bits per heavy atom. The van der Waals surface area contributed by atoms with Gasteiger partial charge in [0, 0.05) is 4.47 Å². The largest absolute Gasteiger partial charge is 0.492 e. The Kier molecular flexibility index (Phi) is 2.98. The standard InChI is InChI=1S/C9H12BrNO/c1-3-12-8-5-7(10)4-6(2)9(8)11/h4-5H,3,11H2,1-2H3. The van der Waals surface area contributed by atoms with E-state index in [0.717, 1.165) is 21.5 Å². The minimum Gasteiger partial charge on any atom is -0.492 e. The summed E-state index contributed by atoms with van der Waals surface area (Å²) in [6, 6.07) is 3.85. The van der Waals surface area contributed by atoms with Crippen molar-refractivity contribution >= 4 is 21.6 Å². The lowest BCUT2D eigenvalue weighted by Gasteiger charge is -2.09.